The smallest absolute Gasteiger partial charge is 0.314 e. The summed E-state index contributed by atoms with van der Waals surface area (Å²) >= 11 is 0. The summed E-state index contributed by atoms with van der Waals surface area (Å²) in [5.74, 6) is 4.11. The summed E-state index contributed by atoms with van der Waals surface area (Å²) in [6.45, 7) is 3.73. The molecule has 1 saturated heterocycles. The van der Waals surface area contributed by atoms with Crippen molar-refractivity contribution in [2.24, 2.45) is 29.6 Å². The number of carbonyl (C=O) groups is 2. The van der Waals surface area contributed by atoms with Crippen molar-refractivity contribution < 1.29 is 9.59 Å². The number of hydrogen-bond acceptors (Lipinski definition) is 2. The van der Waals surface area contributed by atoms with E-state index in [9.17, 15) is 9.59 Å². The fraction of sp³-hybridized carbons (Fsp3) is 0.667. The minimum absolute atomic E-state index is 0.00475. The van der Waals surface area contributed by atoms with E-state index in [-0.39, 0.29) is 23.4 Å². The zero-order chi connectivity index (χ0) is 20.2. The molecule has 29 heavy (non-hydrogen) atoms. The molecule has 1 aromatic rings. The third-order valence-corrected chi connectivity index (χ3v) is 8.84. The molecule has 1 aliphatic heterocycles. The molecule has 0 radical (unpaired) electrons. The SMILES string of the molecule is CNC(=O)NC1CN(C(=O)CC2(c3ccccc3)C3CC4CC2CC(C3)C4C)C1. The minimum atomic E-state index is -0.169. The van der Waals surface area contributed by atoms with Crippen molar-refractivity contribution in [1.29, 1.82) is 0 Å². The number of urea groups is 1. The lowest BCUT2D eigenvalue weighted by Gasteiger charge is -2.64. The number of nitrogens with one attached hydrogen (secondary N) is 2. The highest BCUT2D eigenvalue weighted by Crippen LogP contribution is 2.65. The lowest BCUT2D eigenvalue weighted by atomic mass is 9.41. The van der Waals surface area contributed by atoms with Gasteiger partial charge in [0.25, 0.3) is 0 Å². The molecule has 0 spiro atoms. The number of hydrogen-bond donors (Lipinski definition) is 2. The van der Waals surface area contributed by atoms with Crippen LogP contribution in [0.3, 0.4) is 0 Å². The molecule has 0 unspecified atom stereocenters. The van der Waals surface area contributed by atoms with Crippen LogP contribution in [0.4, 0.5) is 4.79 Å². The number of nitrogens with zero attached hydrogens (tertiary/aromatic N) is 1. The fourth-order valence-electron chi connectivity index (χ4n) is 7.27. The van der Waals surface area contributed by atoms with Gasteiger partial charge < -0.3 is 15.5 Å². The average molecular weight is 396 g/mol. The Morgan fingerprint density at radius 1 is 1.03 bits per heavy atom. The van der Waals surface area contributed by atoms with Gasteiger partial charge in [-0.05, 0) is 60.8 Å². The molecule has 3 amide bonds. The molecule has 5 heteroatoms. The van der Waals surface area contributed by atoms with Crippen LogP contribution in [0.25, 0.3) is 0 Å². The summed E-state index contributed by atoms with van der Waals surface area (Å²) < 4.78 is 0. The van der Waals surface area contributed by atoms with Crippen LogP contribution in [0.1, 0.15) is 44.6 Å². The van der Waals surface area contributed by atoms with Gasteiger partial charge in [-0.2, -0.15) is 0 Å². The van der Waals surface area contributed by atoms with E-state index in [2.05, 4.69) is 47.9 Å². The third kappa shape index (κ3) is 2.96. The Morgan fingerprint density at radius 2 is 1.62 bits per heavy atom. The summed E-state index contributed by atoms with van der Waals surface area (Å²) in [5.41, 5.74) is 1.39. The Morgan fingerprint density at radius 3 is 2.17 bits per heavy atom. The Balaban J connectivity index is 1.37. The van der Waals surface area contributed by atoms with Gasteiger partial charge in [0.05, 0.1) is 6.04 Å². The van der Waals surface area contributed by atoms with Crippen molar-refractivity contribution in [1.82, 2.24) is 15.5 Å². The van der Waals surface area contributed by atoms with E-state index in [1.54, 1.807) is 7.05 Å². The molecule has 4 saturated carbocycles. The number of rotatable bonds is 4. The third-order valence-electron chi connectivity index (χ3n) is 8.84. The molecule has 0 atom stereocenters. The first-order valence-electron chi connectivity index (χ1n) is 11.3. The highest BCUT2D eigenvalue weighted by atomic mass is 16.2. The van der Waals surface area contributed by atoms with E-state index >= 15 is 0 Å². The number of likely N-dealkylation sites (tertiary alicyclic amines) is 1. The molecule has 6 rings (SSSR count). The van der Waals surface area contributed by atoms with Crippen molar-refractivity contribution in [3.05, 3.63) is 35.9 Å². The van der Waals surface area contributed by atoms with Crippen LogP contribution in [-0.2, 0) is 10.2 Å². The van der Waals surface area contributed by atoms with Crippen LogP contribution in [0, 0.1) is 29.6 Å². The van der Waals surface area contributed by atoms with Crippen molar-refractivity contribution in [3.63, 3.8) is 0 Å². The molecule has 4 aliphatic carbocycles. The second-order valence-electron chi connectivity index (χ2n) is 10.0. The molecular weight excluding hydrogens is 362 g/mol. The van der Waals surface area contributed by atoms with Gasteiger partial charge in [-0.15, -0.1) is 0 Å². The second kappa shape index (κ2) is 7.03. The maximum Gasteiger partial charge on any atom is 0.314 e. The normalized spacial score (nSPS) is 37.9. The van der Waals surface area contributed by atoms with E-state index < -0.39 is 0 Å². The van der Waals surface area contributed by atoms with Crippen molar-refractivity contribution in [3.8, 4) is 0 Å². The number of carbonyl (C=O) groups excluding carboxylic acids is 2. The monoisotopic (exact) mass is 395 g/mol. The minimum Gasteiger partial charge on any atom is -0.341 e. The predicted octanol–water partition coefficient (Wildman–Crippen LogP) is 3.16. The van der Waals surface area contributed by atoms with Crippen molar-refractivity contribution in [2.75, 3.05) is 20.1 Å². The van der Waals surface area contributed by atoms with Crippen molar-refractivity contribution >= 4 is 11.9 Å². The van der Waals surface area contributed by atoms with E-state index in [0.717, 1.165) is 17.8 Å². The van der Waals surface area contributed by atoms with Gasteiger partial charge in [0.1, 0.15) is 0 Å². The lowest BCUT2D eigenvalue weighted by Crippen LogP contribution is -2.64. The maximum atomic E-state index is 13.4. The molecule has 5 fully saturated rings. The number of benzene rings is 1. The highest BCUT2D eigenvalue weighted by molar-refractivity contribution is 5.80. The first-order valence-corrected chi connectivity index (χ1v) is 11.3. The van der Waals surface area contributed by atoms with E-state index in [4.69, 9.17) is 0 Å². The zero-order valence-electron chi connectivity index (χ0n) is 17.6. The van der Waals surface area contributed by atoms with Gasteiger partial charge in [-0.25, -0.2) is 4.79 Å². The zero-order valence-corrected chi connectivity index (χ0v) is 17.6. The molecule has 4 bridgehead atoms. The molecule has 156 valence electrons. The predicted molar refractivity (Wildman–Crippen MR) is 112 cm³/mol. The van der Waals surface area contributed by atoms with Crippen molar-refractivity contribution in [2.45, 2.75) is 50.5 Å². The summed E-state index contributed by atoms with van der Waals surface area (Å²) in [4.78, 5) is 26.8. The van der Waals surface area contributed by atoms with E-state index in [1.165, 1.54) is 31.2 Å². The highest BCUT2D eigenvalue weighted by Gasteiger charge is 2.60. The molecule has 0 aromatic heterocycles. The largest absolute Gasteiger partial charge is 0.341 e. The molecule has 2 N–H and O–H groups in total. The van der Waals surface area contributed by atoms with Gasteiger partial charge in [0.15, 0.2) is 0 Å². The Labute approximate surface area is 173 Å². The summed E-state index contributed by atoms with van der Waals surface area (Å²) in [7, 11) is 1.62. The fourth-order valence-corrected chi connectivity index (χ4v) is 7.27. The van der Waals surface area contributed by atoms with Crippen LogP contribution < -0.4 is 10.6 Å². The molecule has 1 aromatic carbocycles. The molecule has 5 aliphatic rings. The van der Waals surface area contributed by atoms with Gasteiger partial charge >= 0.3 is 6.03 Å². The van der Waals surface area contributed by atoms with Crippen LogP contribution in [0.15, 0.2) is 30.3 Å². The number of amides is 3. The summed E-state index contributed by atoms with van der Waals surface area (Å²) in [5, 5.41) is 5.49. The van der Waals surface area contributed by atoms with Crippen LogP contribution in [0.2, 0.25) is 0 Å². The van der Waals surface area contributed by atoms with Gasteiger partial charge in [0, 0.05) is 32.0 Å². The van der Waals surface area contributed by atoms with Gasteiger partial charge in [-0.1, -0.05) is 37.3 Å². The molecule has 1 heterocycles. The molecule has 5 nitrogen and oxygen atoms in total. The van der Waals surface area contributed by atoms with Crippen LogP contribution in [-0.4, -0.2) is 43.0 Å². The second-order valence-corrected chi connectivity index (χ2v) is 10.0. The van der Waals surface area contributed by atoms with Gasteiger partial charge in [-0.3, -0.25) is 4.79 Å². The standard InChI is InChI=1S/C24H33N3O2/c1-15-16-8-19-10-17(15)11-20(9-16)24(19,18-6-4-3-5-7-18)12-22(28)27-13-21(14-27)26-23(29)25-2/h3-7,15-17,19-21H,8-14H2,1-2H3,(H2,25,26,29). The quantitative estimate of drug-likeness (QED) is 0.823. The topological polar surface area (TPSA) is 61.4 Å². The van der Waals surface area contributed by atoms with E-state index in [1.807, 2.05) is 4.90 Å². The summed E-state index contributed by atoms with van der Waals surface area (Å²) in [6, 6.07) is 10.8. The lowest BCUT2D eigenvalue weighted by molar-refractivity contribution is -0.146. The Bertz CT molecular complexity index is 757. The van der Waals surface area contributed by atoms with Crippen LogP contribution in [0.5, 0.6) is 0 Å². The van der Waals surface area contributed by atoms with E-state index in [0.29, 0.717) is 31.3 Å². The van der Waals surface area contributed by atoms with Gasteiger partial charge in [0.2, 0.25) is 5.91 Å². The average Bonchev–Trinajstić information content (AvgIpc) is 2.69. The summed E-state index contributed by atoms with van der Waals surface area (Å²) in [6.07, 6.45) is 5.79. The van der Waals surface area contributed by atoms with Crippen LogP contribution >= 0.6 is 0 Å². The first-order chi connectivity index (χ1) is 14.0. The molecular formula is C24H33N3O2. The Kier molecular flexibility index (Phi) is 4.60. The first kappa shape index (κ1) is 19.0. The Hall–Kier alpha value is -2.04. The maximum absolute atomic E-state index is 13.4.